The normalized spacial score (nSPS) is 14.8. The van der Waals surface area contributed by atoms with E-state index in [2.05, 4.69) is 0 Å². The number of barbiturate groups is 1. The molecule has 0 aliphatic carbocycles. The van der Waals surface area contributed by atoms with Crippen LogP contribution in [-0.4, -0.2) is 28.0 Å². The first-order valence-electron chi connectivity index (χ1n) is 9.21. The van der Waals surface area contributed by atoms with Gasteiger partial charge in [-0.25, -0.2) is 14.6 Å². The predicted octanol–water partition coefficient (Wildman–Crippen LogP) is 4.26. The maximum Gasteiger partial charge on any atom is 0.342 e. The van der Waals surface area contributed by atoms with Gasteiger partial charge in [0.1, 0.15) is 0 Å². The number of carbonyl (C=O) groups excluding carboxylic acids is 3. The molecule has 0 spiro atoms. The number of anilines is 2. The SMILES string of the molecule is O=C1C(Sc2ccccc2[N+](=O)[O-])C(=O)N(c2ccccc2)C(=O)N1c1ccccc1. The van der Waals surface area contributed by atoms with Crippen LogP contribution in [0.3, 0.4) is 0 Å². The molecule has 3 aromatic carbocycles. The van der Waals surface area contributed by atoms with Crippen molar-refractivity contribution < 1.29 is 19.3 Å². The van der Waals surface area contributed by atoms with E-state index in [9.17, 15) is 24.5 Å². The van der Waals surface area contributed by atoms with E-state index in [0.717, 1.165) is 21.6 Å². The molecule has 4 amide bonds. The molecule has 0 saturated carbocycles. The first-order chi connectivity index (χ1) is 15.0. The van der Waals surface area contributed by atoms with Crippen molar-refractivity contribution in [1.29, 1.82) is 0 Å². The number of nitrogens with zero attached hydrogens (tertiary/aromatic N) is 3. The molecule has 1 saturated heterocycles. The molecule has 3 aromatic rings. The van der Waals surface area contributed by atoms with Gasteiger partial charge < -0.3 is 0 Å². The smallest absolute Gasteiger partial charge is 0.272 e. The average Bonchev–Trinajstić information content (AvgIpc) is 2.78. The summed E-state index contributed by atoms with van der Waals surface area (Å²) in [6, 6.07) is 21.6. The minimum Gasteiger partial charge on any atom is -0.272 e. The third-order valence-corrected chi connectivity index (χ3v) is 5.85. The van der Waals surface area contributed by atoms with Gasteiger partial charge in [0.2, 0.25) is 0 Å². The van der Waals surface area contributed by atoms with Crippen LogP contribution in [0.5, 0.6) is 0 Å². The lowest BCUT2D eigenvalue weighted by atomic mass is 10.2. The van der Waals surface area contributed by atoms with Gasteiger partial charge in [-0.05, 0) is 30.3 Å². The Morgan fingerprint density at radius 3 is 1.65 bits per heavy atom. The molecule has 1 aliphatic rings. The van der Waals surface area contributed by atoms with Crippen molar-refractivity contribution in [3.05, 3.63) is 95.0 Å². The Morgan fingerprint density at radius 2 is 1.16 bits per heavy atom. The molecule has 0 atom stereocenters. The molecule has 4 rings (SSSR count). The molecule has 0 aromatic heterocycles. The summed E-state index contributed by atoms with van der Waals surface area (Å²) in [5.74, 6) is -1.51. The maximum absolute atomic E-state index is 13.3. The highest BCUT2D eigenvalue weighted by molar-refractivity contribution is 8.01. The summed E-state index contributed by atoms with van der Waals surface area (Å²) in [7, 11) is 0. The van der Waals surface area contributed by atoms with Crippen LogP contribution in [-0.2, 0) is 9.59 Å². The zero-order chi connectivity index (χ0) is 22.0. The van der Waals surface area contributed by atoms with E-state index in [1.54, 1.807) is 66.7 Å². The van der Waals surface area contributed by atoms with Gasteiger partial charge >= 0.3 is 6.03 Å². The number of nitro groups is 1. The number of imide groups is 2. The quantitative estimate of drug-likeness (QED) is 0.339. The van der Waals surface area contributed by atoms with Gasteiger partial charge in [-0.15, -0.1) is 0 Å². The topological polar surface area (TPSA) is 101 Å². The second-order valence-corrected chi connectivity index (χ2v) is 7.67. The molecule has 0 bridgehead atoms. The summed E-state index contributed by atoms with van der Waals surface area (Å²) in [4.78, 5) is 52.6. The van der Waals surface area contributed by atoms with Gasteiger partial charge in [-0.2, -0.15) is 0 Å². The number of hydrogen-bond acceptors (Lipinski definition) is 6. The first-order valence-corrected chi connectivity index (χ1v) is 10.1. The highest BCUT2D eigenvalue weighted by Gasteiger charge is 2.48. The minimum atomic E-state index is -1.38. The van der Waals surface area contributed by atoms with Crippen molar-refractivity contribution in [2.24, 2.45) is 0 Å². The second-order valence-electron chi connectivity index (χ2n) is 6.52. The van der Waals surface area contributed by atoms with E-state index in [1.165, 1.54) is 18.2 Å². The zero-order valence-corrected chi connectivity index (χ0v) is 16.8. The van der Waals surface area contributed by atoms with E-state index in [4.69, 9.17) is 0 Å². The molecule has 1 fully saturated rings. The van der Waals surface area contributed by atoms with Gasteiger partial charge in [0.25, 0.3) is 17.5 Å². The standard InChI is InChI=1S/C22H15N3O5S/c26-20-19(31-18-14-8-7-13-17(18)25(29)30)21(27)24(16-11-5-2-6-12-16)22(28)23(20)15-9-3-1-4-10-15/h1-14,19H. The molecular formula is C22H15N3O5S. The number of urea groups is 1. The number of nitro benzene ring substituents is 1. The zero-order valence-electron chi connectivity index (χ0n) is 16.0. The average molecular weight is 433 g/mol. The van der Waals surface area contributed by atoms with E-state index in [-0.39, 0.29) is 10.6 Å². The van der Waals surface area contributed by atoms with Gasteiger partial charge in [0.05, 0.1) is 21.2 Å². The van der Waals surface area contributed by atoms with Crippen LogP contribution in [0.2, 0.25) is 0 Å². The summed E-state index contributed by atoms with van der Waals surface area (Å²) in [6.45, 7) is 0. The molecule has 0 radical (unpaired) electrons. The van der Waals surface area contributed by atoms with Crippen molar-refractivity contribution in [2.45, 2.75) is 10.1 Å². The fourth-order valence-corrected chi connectivity index (χ4v) is 4.28. The Balaban J connectivity index is 1.80. The lowest BCUT2D eigenvalue weighted by molar-refractivity contribution is -0.387. The van der Waals surface area contributed by atoms with Crippen molar-refractivity contribution >= 4 is 46.7 Å². The molecule has 0 N–H and O–H groups in total. The first kappa shape index (κ1) is 20.3. The predicted molar refractivity (Wildman–Crippen MR) is 116 cm³/mol. The summed E-state index contributed by atoms with van der Waals surface area (Å²) >= 11 is 0.758. The number of benzene rings is 3. The Labute approximate surface area is 181 Å². The molecule has 1 heterocycles. The van der Waals surface area contributed by atoms with Crippen LogP contribution in [0.4, 0.5) is 21.9 Å². The monoisotopic (exact) mass is 433 g/mol. The summed E-state index contributed by atoms with van der Waals surface area (Å²) in [6.07, 6.45) is 0. The van der Waals surface area contributed by atoms with E-state index >= 15 is 0 Å². The Hall–Kier alpha value is -3.98. The van der Waals surface area contributed by atoms with Crippen LogP contribution < -0.4 is 9.80 Å². The largest absolute Gasteiger partial charge is 0.342 e. The van der Waals surface area contributed by atoms with Crippen molar-refractivity contribution in [1.82, 2.24) is 0 Å². The summed E-state index contributed by atoms with van der Waals surface area (Å²) < 4.78 is 0. The van der Waals surface area contributed by atoms with Gasteiger partial charge in [0.15, 0.2) is 5.25 Å². The molecule has 154 valence electrons. The van der Waals surface area contributed by atoms with Gasteiger partial charge in [0, 0.05) is 6.07 Å². The third-order valence-electron chi connectivity index (χ3n) is 4.61. The van der Waals surface area contributed by atoms with Crippen molar-refractivity contribution in [3.8, 4) is 0 Å². The van der Waals surface area contributed by atoms with Crippen LogP contribution in [0.25, 0.3) is 0 Å². The molecule has 0 unspecified atom stereocenters. The fraction of sp³-hybridized carbons (Fsp3) is 0.0455. The minimum absolute atomic E-state index is 0.162. The van der Waals surface area contributed by atoms with Crippen LogP contribution in [0.15, 0.2) is 89.8 Å². The van der Waals surface area contributed by atoms with E-state index in [0.29, 0.717) is 11.4 Å². The number of para-hydroxylation sites is 3. The second kappa shape index (κ2) is 8.41. The van der Waals surface area contributed by atoms with Crippen LogP contribution in [0.1, 0.15) is 0 Å². The summed E-state index contributed by atoms with van der Waals surface area (Å²) in [5, 5.41) is 10.0. The van der Waals surface area contributed by atoms with E-state index in [1.807, 2.05) is 0 Å². The Morgan fingerprint density at radius 1 is 0.710 bits per heavy atom. The molecule has 1 aliphatic heterocycles. The number of hydrogen-bond donors (Lipinski definition) is 0. The molecule has 9 heteroatoms. The third kappa shape index (κ3) is 3.78. The van der Waals surface area contributed by atoms with Crippen molar-refractivity contribution in [2.75, 3.05) is 9.80 Å². The van der Waals surface area contributed by atoms with Crippen LogP contribution >= 0.6 is 11.8 Å². The number of rotatable bonds is 5. The lowest BCUT2D eigenvalue weighted by Crippen LogP contribution is -2.62. The Bertz CT molecular complexity index is 1110. The fourth-order valence-electron chi connectivity index (χ4n) is 3.19. The van der Waals surface area contributed by atoms with E-state index < -0.39 is 28.0 Å². The highest BCUT2D eigenvalue weighted by Crippen LogP contribution is 2.37. The number of thioether (sulfide) groups is 1. The van der Waals surface area contributed by atoms with Crippen LogP contribution in [0, 0.1) is 10.1 Å². The van der Waals surface area contributed by atoms with Gasteiger partial charge in [-0.3, -0.25) is 19.7 Å². The van der Waals surface area contributed by atoms with Gasteiger partial charge in [-0.1, -0.05) is 60.3 Å². The maximum atomic E-state index is 13.3. The Kier molecular flexibility index (Phi) is 5.50. The number of amides is 4. The molecular weight excluding hydrogens is 418 g/mol. The molecule has 8 nitrogen and oxygen atoms in total. The highest BCUT2D eigenvalue weighted by atomic mass is 32.2. The summed E-state index contributed by atoms with van der Waals surface area (Å²) in [5.41, 5.74) is 0.390. The number of carbonyl (C=O) groups is 3. The van der Waals surface area contributed by atoms with Crippen molar-refractivity contribution in [3.63, 3.8) is 0 Å². The lowest BCUT2D eigenvalue weighted by Gasteiger charge is -2.36. The molecule has 31 heavy (non-hydrogen) atoms.